The average Bonchev–Trinajstić information content (AvgIpc) is 3.95. The van der Waals surface area contributed by atoms with Crippen LogP contribution in [0.4, 0.5) is 5.69 Å². The standard InChI is InChI=1S/C40H34BrClN6O6/c1-15(2)28-37-46-30-33(54-37)40-22-10-17(11-25(35(50)45-28)44-36(51)31(49)16(3)4)8-9-26(22)52-39(40)47-29-20(12-18(41)13-23(29)40)19-6-5-7-24-27(19)21(14-43-24)32-34(42)48-38(30)53-32/h5-10,12-16,25,28,31,39,43,47,49H,11H2,1-4H3,(H,44,51)(H,45,50)/t25-,28-,31-,39?,40+/m0/s1. The molecule has 0 saturated carbocycles. The summed E-state index contributed by atoms with van der Waals surface area (Å²) in [5.41, 5.74) is 5.89. The summed E-state index contributed by atoms with van der Waals surface area (Å²) in [4.78, 5) is 40.7. The number of anilines is 1. The van der Waals surface area contributed by atoms with Gasteiger partial charge in [0.1, 0.15) is 29.4 Å². The average molecular weight is 810 g/mol. The number of hydrogen-bond acceptors (Lipinski definition) is 9. The number of ether oxygens (including phenoxy) is 1. The monoisotopic (exact) mass is 808 g/mol. The number of amides is 2. The number of rotatable bonds is 4. The number of fused-ring (bicyclic) bond motifs is 7. The van der Waals surface area contributed by atoms with Crippen LogP contribution in [0.25, 0.3) is 44.9 Å². The molecule has 6 aromatic rings. The van der Waals surface area contributed by atoms with Crippen LogP contribution >= 0.6 is 27.5 Å². The first-order valence-corrected chi connectivity index (χ1v) is 19.1. The predicted molar refractivity (Wildman–Crippen MR) is 204 cm³/mol. The molecule has 10 bridgehead atoms. The van der Waals surface area contributed by atoms with E-state index in [0.29, 0.717) is 23.0 Å². The highest BCUT2D eigenvalue weighted by Gasteiger charge is 2.62. The van der Waals surface area contributed by atoms with Gasteiger partial charge in [0.05, 0.1) is 0 Å². The van der Waals surface area contributed by atoms with Gasteiger partial charge in [0.25, 0.3) is 5.89 Å². The third-order valence-corrected chi connectivity index (χ3v) is 11.9. The van der Waals surface area contributed by atoms with E-state index in [2.05, 4.69) is 55.1 Å². The molecular formula is C40H34BrClN6O6. The Morgan fingerprint density at radius 3 is 2.67 bits per heavy atom. The van der Waals surface area contributed by atoms with Gasteiger partial charge in [0, 0.05) is 55.9 Å². The van der Waals surface area contributed by atoms with Gasteiger partial charge in [0.15, 0.2) is 28.6 Å². The van der Waals surface area contributed by atoms with Gasteiger partial charge in [-0.1, -0.05) is 79.5 Å². The first-order valence-electron chi connectivity index (χ1n) is 17.9. The summed E-state index contributed by atoms with van der Waals surface area (Å²) in [5.74, 6) is 0.112. The van der Waals surface area contributed by atoms with E-state index in [9.17, 15) is 14.7 Å². The van der Waals surface area contributed by atoms with E-state index in [1.165, 1.54) is 0 Å². The second-order valence-electron chi connectivity index (χ2n) is 15.1. The van der Waals surface area contributed by atoms with Gasteiger partial charge >= 0.3 is 0 Å². The number of aromatic nitrogens is 3. The number of hydrogen-bond donors (Lipinski definition) is 5. The molecule has 4 aliphatic rings. The van der Waals surface area contributed by atoms with Crippen LogP contribution in [0.15, 0.2) is 68.0 Å². The number of carbonyl (C=O) groups excluding carboxylic acids is 2. The highest BCUT2D eigenvalue weighted by Crippen LogP contribution is 2.62. The van der Waals surface area contributed by atoms with Gasteiger partial charge in [-0.05, 0) is 47.2 Å². The summed E-state index contributed by atoms with van der Waals surface area (Å²) in [6.07, 6.45) is 0.00790. The number of halogens is 2. The van der Waals surface area contributed by atoms with Crippen molar-refractivity contribution >= 4 is 55.9 Å². The zero-order valence-corrected chi connectivity index (χ0v) is 31.8. The molecule has 7 heterocycles. The molecule has 274 valence electrons. The van der Waals surface area contributed by atoms with Crippen molar-refractivity contribution < 1.29 is 28.3 Å². The molecule has 12 nitrogen and oxygen atoms in total. The molecule has 14 heteroatoms. The van der Waals surface area contributed by atoms with Crippen molar-refractivity contribution in [1.82, 2.24) is 25.6 Å². The minimum Gasteiger partial charge on any atom is -0.469 e. The molecule has 1 spiro atoms. The third kappa shape index (κ3) is 4.58. The Morgan fingerprint density at radius 2 is 1.87 bits per heavy atom. The predicted octanol–water partition coefficient (Wildman–Crippen LogP) is 7.22. The summed E-state index contributed by atoms with van der Waals surface area (Å²) in [6.45, 7) is 7.38. The number of aromatic amines is 1. The van der Waals surface area contributed by atoms with Crippen LogP contribution in [0, 0.1) is 11.8 Å². The molecule has 3 aromatic carbocycles. The van der Waals surface area contributed by atoms with Crippen LogP contribution in [-0.4, -0.2) is 50.2 Å². The zero-order chi connectivity index (χ0) is 37.4. The van der Waals surface area contributed by atoms with Crippen LogP contribution in [0.2, 0.25) is 5.15 Å². The fourth-order valence-corrected chi connectivity index (χ4v) is 9.16. The minimum absolute atomic E-state index is 0.140. The maximum Gasteiger partial charge on any atom is 0.250 e. The lowest BCUT2D eigenvalue weighted by Crippen LogP contribution is -2.52. The van der Waals surface area contributed by atoms with Crippen LogP contribution in [0.5, 0.6) is 5.75 Å². The van der Waals surface area contributed by atoms with Crippen LogP contribution in [0.3, 0.4) is 0 Å². The summed E-state index contributed by atoms with van der Waals surface area (Å²) < 4.78 is 21.3. The lowest BCUT2D eigenvalue weighted by Gasteiger charge is -2.29. The zero-order valence-electron chi connectivity index (χ0n) is 29.5. The Kier molecular flexibility index (Phi) is 7.25. The van der Waals surface area contributed by atoms with Crippen molar-refractivity contribution in [2.75, 3.05) is 5.32 Å². The number of benzene rings is 3. The molecular weight excluding hydrogens is 776 g/mol. The Hall–Kier alpha value is -5.11. The number of nitrogens with zero attached hydrogens (tertiary/aromatic N) is 2. The molecule has 0 fully saturated rings. The van der Waals surface area contributed by atoms with Gasteiger partial charge in [-0.2, -0.15) is 4.98 Å². The lowest BCUT2D eigenvalue weighted by molar-refractivity contribution is -0.135. The van der Waals surface area contributed by atoms with Gasteiger partial charge in [-0.25, -0.2) is 4.98 Å². The van der Waals surface area contributed by atoms with Crippen molar-refractivity contribution in [2.24, 2.45) is 11.8 Å². The van der Waals surface area contributed by atoms with E-state index in [1.54, 1.807) is 13.8 Å². The number of nitrogens with one attached hydrogen (secondary N) is 4. The van der Waals surface area contributed by atoms with Crippen LogP contribution < -0.4 is 20.7 Å². The van der Waals surface area contributed by atoms with E-state index in [4.69, 9.17) is 35.1 Å². The molecule has 0 radical (unpaired) electrons. The van der Waals surface area contributed by atoms with E-state index < -0.39 is 41.6 Å². The first kappa shape index (κ1) is 33.5. The summed E-state index contributed by atoms with van der Waals surface area (Å²) >= 11 is 10.8. The largest absolute Gasteiger partial charge is 0.469 e. The number of carbonyl (C=O) groups is 2. The summed E-state index contributed by atoms with van der Waals surface area (Å²) in [6, 6.07) is 14.2. The van der Waals surface area contributed by atoms with E-state index in [0.717, 1.165) is 54.4 Å². The maximum atomic E-state index is 14.2. The Balaban J connectivity index is 1.30. The van der Waals surface area contributed by atoms with Crippen molar-refractivity contribution in [3.05, 3.63) is 92.7 Å². The maximum absolute atomic E-state index is 14.2. The highest BCUT2D eigenvalue weighted by molar-refractivity contribution is 9.10. The van der Waals surface area contributed by atoms with Crippen LogP contribution in [0.1, 0.15) is 62.1 Å². The molecule has 54 heavy (non-hydrogen) atoms. The van der Waals surface area contributed by atoms with Crippen molar-refractivity contribution in [2.45, 2.75) is 63.9 Å². The Morgan fingerprint density at radius 1 is 1.04 bits per heavy atom. The number of H-pyrrole nitrogens is 1. The van der Waals surface area contributed by atoms with Crippen LogP contribution in [-0.2, 0) is 21.4 Å². The molecule has 3 aromatic heterocycles. The quantitative estimate of drug-likeness (QED) is 0.124. The first-order chi connectivity index (χ1) is 25.9. The van der Waals surface area contributed by atoms with Gasteiger partial charge in [-0.3, -0.25) is 9.59 Å². The lowest BCUT2D eigenvalue weighted by atomic mass is 9.72. The Bertz CT molecular complexity index is 2590. The van der Waals surface area contributed by atoms with Gasteiger partial charge in [-0.15, -0.1) is 0 Å². The molecule has 0 saturated heterocycles. The van der Waals surface area contributed by atoms with Crippen molar-refractivity contribution in [1.29, 1.82) is 0 Å². The fraction of sp³-hybridized carbons (Fsp3) is 0.300. The number of oxazole rings is 2. The summed E-state index contributed by atoms with van der Waals surface area (Å²) in [5, 5.41) is 21.4. The second kappa shape index (κ2) is 11.7. The molecule has 0 aliphatic carbocycles. The Labute approximate surface area is 322 Å². The van der Waals surface area contributed by atoms with Gasteiger partial charge in [0.2, 0.25) is 17.7 Å². The molecule has 2 amide bonds. The SMILES string of the molecule is CC(C)[C@H](O)C(=O)N[C@H]1Cc2ccc3c(c2)[C@]24c5cc(Br)cc(c5NC2O3)-c2cccc3[nH]cc(c23)-c2oc(nc2Cl)-c2nc(oc24)[C@H](C(C)C)NC1=O. The summed E-state index contributed by atoms with van der Waals surface area (Å²) in [7, 11) is 0. The van der Waals surface area contributed by atoms with E-state index in [-0.39, 0.29) is 35.2 Å². The third-order valence-electron chi connectivity index (χ3n) is 11.1. The van der Waals surface area contributed by atoms with Crippen molar-refractivity contribution in [3.63, 3.8) is 0 Å². The molecule has 10 rings (SSSR count). The smallest absolute Gasteiger partial charge is 0.250 e. The number of aliphatic hydroxyl groups is 1. The molecule has 5 N–H and O–H groups in total. The normalized spacial score (nSPS) is 22.2. The second-order valence-corrected chi connectivity index (χ2v) is 16.4. The highest BCUT2D eigenvalue weighted by atomic mass is 79.9. The molecule has 5 atom stereocenters. The fourth-order valence-electron chi connectivity index (χ4n) is 8.49. The van der Waals surface area contributed by atoms with Crippen molar-refractivity contribution in [3.8, 4) is 39.8 Å². The topological polar surface area (TPSA) is 168 Å². The molecule has 4 aliphatic heterocycles. The minimum atomic E-state index is -1.30. The van der Waals surface area contributed by atoms with E-state index in [1.807, 2.05) is 50.4 Å². The number of aliphatic hydroxyl groups excluding tert-OH is 1. The molecule has 1 unspecified atom stereocenters. The van der Waals surface area contributed by atoms with Gasteiger partial charge < -0.3 is 39.6 Å². The van der Waals surface area contributed by atoms with E-state index >= 15 is 0 Å².